The van der Waals surface area contributed by atoms with Crippen molar-refractivity contribution in [1.29, 1.82) is 0 Å². The monoisotopic (exact) mass is 318 g/mol. The Morgan fingerprint density at radius 1 is 1.39 bits per heavy atom. The molecule has 0 saturated carbocycles. The van der Waals surface area contributed by atoms with Gasteiger partial charge in [-0.2, -0.15) is 0 Å². The van der Waals surface area contributed by atoms with Crippen LogP contribution >= 0.6 is 0 Å². The lowest BCUT2D eigenvalue weighted by Crippen LogP contribution is -2.50. The summed E-state index contributed by atoms with van der Waals surface area (Å²) in [6.07, 6.45) is 2.92. The summed E-state index contributed by atoms with van der Waals surface area (Å²) >= 11 is 0. The minimum absolute atomic E-state index is 0.0343. The van der Waals surface area contributed by atoms with Crippen molar-refractivity contribution in [2.75, 3.05) is 51.3 Å². The van der Waals surface area contributed by atoms with Crippen molar-refractivity contribution >= 4 is 11.7 Å². The van der Waals surface area contributed by atoms with E-state index in [1.54, 1.807) is 6.20 Å². The number of anilines is 1. The number of nitrogens with one attached hydrogen (secondary N) is 1. The second-order valence-corrected chi connectivity index (χ2v) is 6.36. The lowest BCUT2D eigenvalue weighted by molar-refractivity contribution is -0.140. The van der Waals surface area contributed by atoms with Crippen LogP contribution in [0.25, 0.3) is 0 Å². The first kappa shape index (κ1) is 16.2. The Bertz CT molecular complexity index is 505. The molecule has 1 amide bonds. The fourth-order valence-corrected chi connectivity index (χ4v) is 3.30. The highest BCUT2D eigenvalue weighted by atomic mass is 16.5. The molecule has 2 fully saturated rings. The smallest absolute Gasteiger partial charge is 0.239 e. The Morgan fingerprint density at radius 3 is 2.96 bits per heavy atom. The van der Waals surface area contributed by atoms with Gasteiger partial charge in [0.1, 0.15) is 5.82 Å². The number of hydrogen-bond donors (Lipinski definition) is 1. The SMILES string of the molecule is C[C@H](C(=O)N1CCOCC1)N1CC[C@@H](CNc2ccccn2)C1. The topological polar surface area (TPSA) is 57.7 Å². The quantitative estimate of drug-likeness (QED) is 0.880. The van der Waals surface area contributed by atoms with Crippen LogP contribution in [0.1, 0.15) is 13.3 Å². The minimum Gasteiger partial charge on any atom is -0.378 e. The average molecular weight is 318 g/mol. The molecule has 3 rings (SSSR count). The van der Waals surface area contributed by atoms with E-state index in [4.69, 9.17) is 4.74 Å². The zero-order chi connectivity index (χ0) is 16.1. The maximum Gasteiger partial charge on any atom is 0.239 e. The van der Waals surface area contributed by atoms with E-state index in [1.807, 2.05) is 30.0 Å². The Balaban J connectivity index is 1.45. The number of amides is 1. The molecule has 23 heavy (non-hydrogen) atoms. The van der Waals surface area contributed by atoms with Crippen molar-refractivity contribution in [3.8, 4) is 0 Å². The van der Waals surface area contributed by atoms with Crippen molar-refractivity contribution in [3.63, 3.8) is 0 Å². The van der Waals surface area contributed by atoms with Gasteiger partial charge in [0, 0.05) is 32.4 Å². The van der Waals surface area contributed by atoms with Crippen molar-refractivity contribution < 1.29 is 9.53 Å². The van der Waals surface area contributed by atoms with Gasteiger partial charge >= 0.3 is 0 Å². The van der Waals surface area contributed by atoms with Crippen LogP contribution in [0.3, 0.4) is 0 Å². The normalized spacial score (nSPS) is 23.7. The molecule has 3 heterocycles. The van der Waals surface area contributed by atoms with Crippen LogP contribution in [-0.2, 0) is 9.53 Å². The third-order valence-electron chi connectivity index (χ3n) is 4.78. The molecular formula is C17H26N4O2. The molecule has 6 nitrogen and oxygen atoms in total. The Hall–Kier alpha value is -1.66. The van der Waals surface area contributed by atoms with Gasteiger partial charge in [-0.05, 0) is 37.9 Å². The summed E-state index contributed by atoms with van der Waals surface area (Å²) < 4.78 is 5.32. The van der Waals surface area contributed by atoms with E-state index in [0.29, 0.717) is 19.1 Å². The zero-order valence-corrected chi connectivity index (χ0v) is 13.8. The number of nitrogens with zero attached hydrogens (tertiary/aromatic N) is 3. The number of pyridine rings is 1. The second kappa shape index (κ2) is 7.75. The molecule has 0 spiro atoms. The van der Waals surface area contributed by atoms with E-state index < -0.39 is 0 Å². The van der Waals surface area contributed by atoms with E-state index in [0.717, 1.165) is 45.0 Å². The standard InChI is InChI=1S/C17H26N4O2/c1-14(17(22)20-8-10-23-11-9-20)21-7-5-15(13-21)12-19-16-4-2-3-6-18-16/h2-4,6,14-15H,5,7-13H2,1H3,(H,18,19)/t14-,15+/m1/s1. The number of carbonyl (C=O) groups is 1. The van der Waals surface area contributed by atoms with Gasteiger partial charge in [0.05, 0.1) is 19.3 Å². The van der Waals surface area contributed by atoms with Crippen molar-refractivity contribution in [2.45, 2.75) is 19.4 Å². The summed E-state index contributed by atoms with van der Waals surface area (Å²) in [7, 11) is 0. The van der Waals surface area contributed by atoms with E-state index in [1.165, 1.54) is 0 Å². The van der Waals surface area contributed by atoms with E-state index in [-0.39, 0.29) is 11.9 Å². The third-order valence-corrected chi connectivity index (χ3v) is 4.78. The first-order chi connectivity index (χ1) is 11.2. The van der Waals surface area contributed by atoms with Gasteiger partial charge in [0.25, 0.3) is 0 Å². The predicted molar refractivity (Wildman–Crippen MR) is 89.3 cm³/mol. The second-order valence-electron chi connectivity index (χ2n) is 6.36. The molecule has 1 N–H and O–H groups in total. The number of likely N-dealkylation sites (tertiary alicyclic amines) is 1. The van der Waals surface area contributed by atoms with Crippen LogP contribution in [0.5, 0.6) is 0 Å². The molecule has 1 aromatic rings. The van der Waals surface area contributed by atoms with E-state index in [9.17, 15) is 4.79 Å². The number of rotatable bonds is 5. The molecule has 0 radical (unpaired) electrons. The van der Waals surface area contributed by atoms with E-state index in [2.05, 4.69) is 15.2 Å². The highest BCUT2D eigenvalue weighted by Gasteiger charge is 2.32. The summed E-state index contributed by atoms with van der Waals surface area (Å²) in [5.74, 6) is 1.73. The largest absolute Gasteiger partial charge is 0.378 e. The van der Waals surface area contributed by atoms with Crippen molar-refractivity contribution in [2.24, 2.45) is 5.92 Å². The molecule has 2 aliphatic heterocycles. The molecule has 6 heteroatoms. The molecule has 2 saturated heterocycles. The number of ether oxygens (including phenoxy) is 1. The van der Waals surface area contributed by atoms with Crippen LogP contribution < -0.4 is 5.32 Å². The molecule has 0 aromatic carbocycles. The fourth-order valence-electron chi connectivity index (χ4n) is 3.30. The molecule has 2 aliphatic rings. The molecule has 0 aliphatic carbocycles. The Kier molecular flexibility index (Phi) is 5.46. The van der Waals surface area contributed by atoms with Gasteiger partial charge in [-0.1, -0.05) is 6.07 Å². The highest BCUT2D eigenvalue weighted by Crippen LogP contribution is 2.20. The first-order valence-electron chi connectivity index (χ1n) is 8.49. The predicted octanol–water partition coefficient (Wildman–Crippen LogP) is 1.06. The van der Waals surface area contributed by atoms with Crippen LogP contribution in [0.4, 0.5) is 5.82 Å². The van der Waals surface area contributed by atoms with Gasteiger partial charge in [0.15, 0.2) is 0 Å². The van der Waals surface area contributed by atoms with Crippen molar-refractivity contribution in [1.82, 2.24) is 14.8 Å². The lowest BCUT2D eigenvalue weighted by atomic mass is 10.1. The molecule has 126 valence electrons. The van der Waals surface area contributed by atoms with Crippen LogP contribution in [0.2, 0.25) is 0 Å². The fraction of sp³-hybridized carbons (Fsp3) is 0.647. The lowest BCUT2D eigenvalue weighted by Gasteiger charge is -2.32. The number of hydrogen-bond acceptors (Lipinski definition) is 5. The van der Waals surface area contributed by atoms with E-state index >= 15 is 0 Å². The molecule has 2 atom stereocenters. The van der Waals surface area contributed by atoms with Gasteiger partial charge in [-0.25, -0.2) is 4.98 Å². The number of morpholine rings is 1. The zero-order valence-electron chi connectivity index (χ0n) is 13.8. The Morgan fingerprint density at radius 2 is 2.22 bits per heavy atom. The Labute approximate surface area is 137 Å². The van der Waals surface area contributed by atoms with Crippen LogP contribution in [0, 0.1) is 5.92 Å². The summed E-state index contributed by atoms with van der Waals surface area (Å²) in [6, 6.07) is 5.85. The van der Waals surface area contributed by atoms with Crippen LogP contribution in [-0.4, -0.2) is 72.7 Å². The summed E-state index contributed by atoms with van der Waals surface area (Å²) in [4.78, 5) is 21.1. The molecular weight excluding hydrogens is 292 g/mol. The highest BCUT2D eigenvalue weighted by molar-refractivity contribution is 5.81. The van der Waals surface area contributed by atoms with Gasteiger partial charge in [-0.15, -0.1) is 0 Å². The van der Waals surface area contributed by atoms with Gasteiger partial charge < -0.3 is 15.0 Å². The average Bonchev–Trinajstić information content (AvgIpc) is 3.09. The maximum absolute atomic E-state index is 12.6. The number of aromatic nitrogens is 1. The third kappa shape index (κ3) is 4.20. The summed E-state index contributed by atoms with van der Waals surface area (Å²) in [5, 5.41) is 3.39. The minimum atomic E-state index is -0.0343. The summed E-state index contributed by atoms with van der Waals surface area (Å²) in [6.45, 7) is 7.68. The summed E-state index contributed by atoms with van der Waals surface area (Å²) in [5.41, 5.74) is 0. The molecule has 0 unspecified atom stereocenters. The van der Waals surface area contributed by atoms with Crippen molar-refractivity contribution in [3.05, 3.63) is 24.4 Å². The molecule has 1 aromatic heterocycles. The van der Waals surface area contributed by atoms with Gasteiger partial charge in [-0.3, -0.25) is 9.69 Å². The maximum atomic E-state index is 12.6. The first-order valence-corrected chi connectivity index (χ1v) is 8.49. The van der Waals surface area contributed by atoms with Crippen LogP contribution in [0.15, 0.2) is 24.4 Å². The molecule has 0 bridgehead atoms. The number of carbonyl (C=O) groups excluding carboxylic acids is 1. The van der Waals surface area contributed by atoms with Gasteiger partial charge in [0.2, 0.25) is 5.91 Å².